The fourth-order valence-electron chi connectivity index (χ4n) is 2.59. The first-order valence-corrected chi connectivity index (χ1v) is 9.56. The lowest BCUT2D eigenvalue weighted by Gasteiger charge is -2.28. The Morgan fingerprint density at radius 2 is 2.00 bits per heavy atom. The fourth-order valence-corrected chi connectivity index (χ4v) is 4.17. The lowest BCUT2D eigenvalue weighted by atomic mass is 10.2. The molecule has 1 aromatic rings. The Labute approximate surface area is 142 Å². The van der Waals surface area contributed by atoms with E-state index >= 15 is 0 Å². The highest BCUT2D eigenvalue weighted by atomic mass is 32.2. The van der Waals surface area contributed by atoms with Crippen molar-refractivity contribution >= 4 is 15.9 Å². The van der Waals surface area contributed by atoms with Gasteiger partial charge in [0, 0.05) is 25.0 Å². The van der Waals surface area contributed by atoms with Crippen LogP contribution in [0.1, 0.15) is 26.7 Å². The first kappa shape index (κ1) is 18.7. The molecule has 1 amide bonds. The molecule has 0 aromatic heterocycles. The molecule has 1 N–H and O–H groups in total. The highest BCUT2D eigenvalue weighted by Crippen LogP contribution is 2.15. The second kappa shape index (κ2) is 7.94. The number of rotatable bonds is 8. The molecule has 24 heavy (non-hydrogen) atoms. The standard InChI is InChI=1S/C16H23FN2O4S/c1-12(2)19(11-14-5-8-16(20)18-14)24(21,22)10-9-23-15-6-3-13(17)4-7-15/h3-4,6-7,12,14H,5,8-11H2,1-2H3,(H,18,20). The number of amides is 1. The van der Waals surface area contributed by atoms with Crippen LogP contribution in [-0.4, -0.2) is 49.6 Å². The molecular weight excluding hydrogens is 335 g/mol. The number of ether oxygens (including phenoxy) is 1. The zero-order valence-corrected chi connectivity index (χ0v) is 14.7. The number of sulfonamides is 1. The van der Waals surface area contributed by atoms with Crippen LogP contribution in [0.4, 0.5) is 4.39 Å². The number of halogens is 1. The van der Waals surface area contributed by atoms with Gasteiger partial charge in [-0.25, -0.2) is 12.8 Å². The summed E-state index contributed by atoms with van der Waals surface area (Å²) in [5, 5.41) is 2.79. The summed E-state index contributed by atoms with van der Waals surface area (Å²) in [5.41, 5.74) is 0. The number of benzene rings is 1. The predicted molar refractivity (Wildman–Crippen MR) is 88.7 cm³/mol. The van der Waals surface area contributed by atoms with Crippen LogP contribution in [0.25, 0.3) is 0 Å². The minimum absolute atomic E-state index is 0.0196. The van der Waals surface area contributed by atoms with Crippen molar-refractivity contribution in [3.63, 3.8) is 0 Å². The molecule has 1 aromatic carbocycles. The van der Waals surface area contributed by atoms with Gasteiger partial charge in [0.1, 0.15) is 18.2 Å². The third-order valence-corrected chi connectivity index (χ3v) is 5.81. The van der Waals surface area contributed by atoms with Gasteiger partial charge < -0.3 is 10.1 Å². The van der Waals surface area contributed by atoms with E-state index < -0.39 is 10.0 Å². The Balaban J connectivity index is 1.92. The fraction of sp³-hybridized carbons (Fsp3) is 0.562. The van der Waals surface area contributed by atoms with E-state index in [1.54, 1.807) is 13.8 Å². The highest BCUT2D eigenvalue weighted by Gasteiger charge is 2.30. The van der Waals surface area contributed by atoms with Crippen molar-refractivity contribution in [2.75, 3.05) is 18.9 Å². The lowest BCUT2D eigenvalue weighted by Crippen LogP contribution is -2.46. The molecule has 1 fully saturated rings. The maximum Gasteiger partial charge on any atom is 0.220 e. The highest BCUT2D eigenvalue weighted by molar-refractivity contribution is 7.89. The molecule has 0 saturated carbocycles. The third-order valence-electron chi connectivity index (χ3n) is 3.84. The molecule has 6 nitrogen and oxygen atoms in total. The summed E-state index contributed by atoms with van der Waals surface area (Å²) in [7, 11) is -3.52. The van der Waals surface area contributed by atoms with Crippen LogP contribution in [0.15, 0.2) is 24.3 Å². The summed E-state index contributed by atoms with van der Waals surface area (Å²) in [4.78, 5) is 11.3. The zero-order valence-electron chi connectivity index (χ0n) is 13.9. The van der Waals surface area contributed by atoms with Gasteiger partial charge in [0.2, 0.25) is 15.9 Å². The van der Waals surface area contributed by atoms with Crippen LogP contribution >= 0.6 is 0 Å². The van der Waals surface area contributed by atoms with Crippen molar-refractivity contribution in [1.29, 1.82) is 0 Å². The number of carbonyl (C=O) groups is 1. The molecule has 0 bridgehead atoms. The van der Waals surface area contributed by atoms with Crippen LogP contribution in [-0.2, 0) is 14.8 Å². The average molecular weight is 358 g/mol. The van der Waals surface area contributed by atoms with Gasteiger partial charge >= 0.3 is 0 Å². The normalized spacial score (nSPS) is 18.2. The second-order valence-corrected chi connectivity index (χ2v) is 8.13. The van der Waals surface area contributed by atoms with Gasteiger partial charge in [-0.3, -0.25) is 4.79 Å². The summed E-state index contributed by atoms with van der Waals surface area (Å²) in [6.45, 7) is 3.85. The lowest BCUT2D eigenvalue weighted by molar-refractivity contribution is -0.119. The van der Waals surface area contributed by atoms with Crippen LogP contribution < -0.4 is 10.1 Å². The molecule has 2 rings (SSSR count). The summed E-state index contributed by atoms with van der Waals surface area (Å²) in [6, 6.07) is 5.07. The van der Waals surface area contributed by atoms with Gasteiger partial charge in [-0.15, -0.1) is 0 Å². The number of carbonyl (C=O) groups excluding carboxylic acids is 1. The Hall–Kier alpha value is -1.67. The summed E-state index contributed by atoms with van der Waals surface area (Å²) in [6.07, 6.45) is 1.08. The number of hydrogen-bond acceptors (Lipinski definition) is 4. The smallest absolute Gasteiger partial charge is 0.220 e. The van der Waals surface area contributed by atoms with Gasteiger partial charge in [0.15, 0.2) is 0 Å². The minimum Gasteiger partial charge on any atom is -0.492 e. The molecule has 1 aliphatic heterocycles. The van der Waals surface area contributed by atoms with E-state index in [-0.39, 0.29) is 42.7 Å². The molecule has 1 aliphatic rings. The predicted octanol–water partition coefficient (Wildman–Crippen LogP) is 1.52. The van der Waals surface area contributed by atoms with Gasteiger partial charge in [-0.05, 0) is 44.5 Å². The molecule has 8 heteroatoms. The van der Waals surface area contributed by atoms with E-state index in [2.05, 4.69) is 5.32 Å². The largest absolute Gasteiger partial charge is 0.492 e. The van der Waals surface area contributed by atoms with E-state index in [1.807, 2.05) is 0 Å². The SMILES string of the molecule is CC(C)N(CC1CCC(=O)N1)S(=O)(=O)CCOc1ccc(F)cc1. The van der Waals surface area contributed by atoms with E-state index in [9.17, 15) is 17.6 Å². The van der Waals surface area contributed by atoms with Gasteiger partial charge in [-0.2, -0.15) is 4.31 Å². The van der Waals surface area contributed by atoms with Crippen LogP contribution in [0.3, 0.4) is 0 Å². The number of nitrogens with zero attached hydrogens (tertiary/aromatic N) is 1. The van der Waals surface area contributed by atoms with Crippen molar-refractivity contribution in [1.82, 2.24) is 9.62 Å². The molecule has 134 valence electrons. The Bertz CT molecular complexity index is 661. The second-order valence-electron chi connectivity index (χ2n) is 6.08. The number of nitrogens with one attached hydrogen (secondary N) is 1. The molecule has 1 unspecified atom stereocenters. The Kier molecular flexibility index (Phi) is 6.17. The van der Waals surface area contributed by atoms with Crippen molar-refractivity contribution in [2.45, 2.75) is 38.8 Å². The van der Waals surface area contributed by atoms with Crippen molar-refractivity contribution in [3.8, 4) is 5.75 Å². The summed E-state index contributed by atoms with van der Waals surface area (Å²) >= 11 is 0. The Morgan fingerprint density at radius 3 is 2.54 bits per heavy atom. The van der Waals surface area contributed by atoms with Gasteiger partial charge in [0.25, 0.3) is 0 Å². The van der Waals surface area contributed by atoms with Crippen LogP contribution in [0.2, 0.25) is 0 Å². The minimum atomic E-state index is -3.52. The van der Waals surface area contributed by atoms with E-state index in [1.165, 1.54) is 28.6 Å². The molecule has 1 heterocycles. The summed E-state index contributed by atoms with van der Waals surface area (Å²) < 4.78 is 44.7. The van der Waals surface area contributed by atoms with Crippen molar-refractivity contribution in [2.24, 2.45) is 0 Å². The topological polar surface area (TPSA) is 75.7 Å². The molecular formula is C16H23FN2O4S. The van der Waals surface area contributed by atoms with Crippen molar-refractivity contribution < 1.29 is 22.3 Å². The first-order chi connectivity index (χ1) is 11.3. The van der Waals surface area contributed by atoms with E-state index in [0.29, 0.717) is 18.6 Å². The van der Waals surface area contributed by atoms with Crippen molar-refractivity contribution in [3.05, 3.63) is 30.1 Å². The monoisotopic (exact) mass is 358 g/mol. The summed E-state index contributed by atoms with van der Waals surface area (Å²) in [5.74, 6) is -0.172. The quantitative estimate of drug-likeness (QED) is 0.765. The molecule has 0 radical (unpaired) electrons. The maximum absolute atomic E-state index is 12.8. The molecule has 1 saturated heterocycles. The molecule has 1 atom stereocenters. The van der Waals surface area contributed by atoms with Gasteiger partial charge in [0.05, 0.1) is 5.75 Å². The van der Waals surface area contributed by atoms with Gasteiger partial charge in [-0.1, -0.05) is 0 Å². The average Bonchev–Trinajstić information content (AvgIpc) is 2.92. The third kappa shape index (κ3) is 5.17. The zero-order chi connectivity index (χ0) is 17.7. The van der Waals surface area contributed by atoms with E-state index in [4.69, 9.17) is 4.74 Å². The maximum atomic E-state index is 12.8. The van der Waals surface area contributed by atoms with Crippen LogP contribution in [0.5, 0.6) is 5.75 Å². The Morgan fingerprint density at radius 1 is 1.33 bits per heavy atom. The number of hydrogen-bond donors (Lipinski definition) is 1. The van der Waals surface area contributed by atoms with E-state index in [0.717, 1.165) is 0 Å². The van der Waals surface area contributed by atoms with Crippen LogP contribution in [0, 0.1) is 5.82 Å². The molecule has 0 spiro atoms. The molecule has 0 aliphatic carbocycles. The first-order valence-electron chi connectivity index (χ1n) is 7.95.